The molecule has 24 heavy (non-hydrogen) atoms. The zero-order valence-corrected chi connectivity index (χ0v) is 13.6. The van der Waals surface area contributed by atoms with Gasteiger partial charge in [-0.1, -0.05) is 0 Å². The molecule has 5 nitrogen and oxygen atoms in total. The van der Waals surface area contributed by atoms with Crippen LogP contribution in [0.25, 0.3) is 0 Å². The molecule has 3 rings (SSSR count). The van der Waals surface area contributed by atoms with Gasteiger partial charge >= 0.3 is 0 Å². The van der Waals surface area contributed by atoms with Crippen LogP contribution in [0.5, 0.6) is 0 Å². The van der Waals surface area contributed by atoms with E-state index in [2.05, 4.69) is 10.2 Å². The summed E-state index contributed by atoms with van der Waals surface area (Å²) < 4.78 is 37.7. The van der Waals surface area contributed by atoms with Crippen molar-refractivity contribution in [2.45, 2.75) is 32.1 Å². The van der Waals surface area contributed by atoms with Gasteiger partial charge < -0.3 is 14.8 Å². The number of ether oxygens (including phenoxy) is 2. The van der Waals surface area contributed by atoms with E-state index in [1.165, 1.54) is 6.07 Å². The normalized spacial score (nSPS) is 21.8. The fourth-order valence-corrected chi connectivity index (χ4v) is 3.22. The molecule has 0 aliphatic carbocycles. The summed E-state index contributed by atoms with van der Waals surface area (Å²) in [6, 6.07) is 2.72. The second kappa shape index (κ2) is 7.55. The fourth-order valence-electron chi connectivity index (χ4n) is 3.22. The van der Waals surface area contributed by atoms with Gasteiger partial charge in [-0.2, -0.15) is 0 Å². The highest BCUT2D eigenvalue weighted by atomic mass is 19.1. The Morgan fingerprint density at radius 2 is 1.92 bits per heavy atom. The Bertz CT molecular complexity index is 585. The van der Waals surface area contributed by atoms with Gasteiger partial charge in [-0.3, -0.25) is 9.69 Å². The number of nitrogens with zero attached hydrogens (tertiary/aromatic N) is 1. The Kier molecular flexibility index (Phi) is 5.43. The minimum absolute atomic E-state index is 0.00380. The summed E-state index contributed by atoms with van der Waals surface area (Å²) in [6.45, 7) is 4.60. The third-order valence-corrected chi connectivity index (χ3v) is 4.72. The molecule has 2 heterocycles. The lowest BCUT2D eigenvalue weighted by Gasteiger charge is -2.36. The third kappa shape index (κ3) is 3.91. The molecule has 132 valence electrons. The Morgan fingerprint density at radius 1 is 1.25 bits per heavy atom. The quantitative estimate of drug-likeness (QED) is 0.914. The number of anilines is 1. The summed E-state index contributed by atoms with van der Waals surface area (Å²) in [5, 5.41) is 2.53. The van der Waals surface area contributed by atoms with Gasteiger partial charge in [0.05, 0.1) is 24.9 Å². The highest BCUT2D eigenvalue weighted by Gasteiger charge is 2.33. The van der Waals surface area contributed by atoms with E-state index in [9.17, 15) is 13.6 Å². The smallest absolute Gasteiger partial charge is 0.241 e. The molecule has 7 heteroatoms. The van der Waals surface area contributed by atoms with Crippen molar-refractivity contribution in [2.75, 3.05) is 31.6 Å². The predicted molar refractivity (Wildman–Crippen MR) is 84.4 cm³/mol. The van der Waals surface area contributed by atoms with E-state index in [0.717, 1.165) is 38.1 Å². The third-order valence-electron chi connectivity index (χ3n) is 4.72. The first kappa shape index (κ1) is 17.3. The Balaban J connectivity index is 1.52. The predicted octanol–water partition coefficient (Wildman–Crippen LogP) is 2.38. The van der Waals surface area contributed by atoms with Gasteiger partial charge in [0.1, 0.15) is 11.6 Å². The van der Waals surface area contributed by atoms with E-state index in [1.54, 1.807) is 6.92 Å². The average molecular weight is 340 g/mol. The number of benzene rings is 1. The standard InChI is InChI=1S/C17H22F2N2O3/c1-11(16(22)20-15-3-2-13(18)10-14(15)19)21-6-4-12(5-7-21)17-23-8-9-24-17/h2-3,10-12,17H,4-9H2,1H3,(H,20,22). The van der Waals surface area contributed by atoms with E-state index in [1.807, 2.05) is 0 Å². The molecule has 0 saturated carbocycles. The minimum Gasteiger partial charge on any atom is -0.350 e. The van der Waals surface area contributed by atoms with Crippen LogP contribution in [0.3, 0.4) is 0 Å². The van der Waals surface area contributed by atoms with E-state index in [0.29, 0.717) is 19.1 Å². The molecule has 1 N–H and O–H groups in total. The van der Waals surface area contributed by atoms with E-state index < -0.39 is 11.6 Å². The van der Waals surface area contributed by atoms with Crippen LogP contribution in [0.2, 0.25) is 0 Å². The summed E-state index contributed by atoms with van der Waals surface area (Å²) in [6.07, 6.45) is 1.67. The molecule has 0 aromatic heterocycles. The molecular formula is C17H22F2N2O3. The highest BCUT2D eigenvalue weighted by Crippen LogP contribution is 2.27. The van der Waals surface area contributed by atoms with Crippen LogP contribution in [0.1, 0.15) is 19.8 Å². The van der Waals surface area contributed by atoms with Crippen molar-refractivity contribution in [3.05, 3.63) is 29.8 Å². The molecule has 0 radical (unpaired) electrons. The van der Waals surface area contributed by atoms with Gasteiger partial charge in [0.25, 0.3) is 0 Å². The van der Waals surface area contributed by atoms with Crippen molar-refractivity contribution in [3.63, 3.8) is 0 Å². The van der Waals surface area contributed by atoms with Gasteiger partial charge in [-0.15, -0.1) is 0 Å². The number of likely N-dealkylation sites (tertiary alicyclic amines) is 1. The van der Waals surface area contributed by atoms with Gasteiger partial charge in [0, 0.05) is 12.0 Å². The summed E-state index contributed by atoms with van der Waals surface area (Å²) >= 11 is 0. The number of piperidine rings is 1. The lowest BCUT2D eigenvalue weighted by Crippen LogP contribution is -2.47. The first-order valence-electron chi connectivity index (χ1n) is 8.28. The lowest BCUT2D eigenvalue weighted by molar-refractivity contribution is -0.123. The Labute approximate surface area is 139 Å². The first-order valence-corrected chi connectivity index (χ1v) is 8.28. The molecule has 0 spiro atoms. The summed E-state index contributed by atoms with van der Waals surface area (Å²) in [7, 11) is 0. The Morgan fingerprint density at radius 3 is 2.54 bits per heavy atom. The van der Waals surface area contributed by atoms with Crippen molar-refractivity contribution in [1.82, 2.24) is 4.90 Å². The summed E-state index contributed by atoms with van der Waals surface area (Å²) in [5.41, 5.74) is -0.00380. The number of nitrogens with one attached hydrogen (secondary N) is 1. The molecule has 1 aromatic carbocycles. The zero-order valence-electron chi connectivity index (χ0n) is 13.6. The number of rotatable bonds is 4. The second-order valence-corrected chi connectivity index (χ2v) is 6.27. The molecule has 2 saturated heterocycles. The van der Waals surface area contributed by atoms with Crippen LogP contribution in [-0.2, 0) is 14.3 Å². The average Bonchev–Trinajstić information content (AvgIpc) is 3.11. The van der Waals surface area contributed by atoms with Crippen LogP contribution in [-0.4, -0.2) is 49.4 Å². The number of carbonyl (C=O) groups excluding carboxylic acids is 1. The molecule has 0 bridgehead atoms. The van der Waals surface area contributed by atoms with Gasteiger partial charge in [0.15, 0.2) is 6.29 Å². The van der Waals surface area contributed by atoms with Crippen LogP contribution in [0.4, 0.5) is 14.5 Å². The molecule has 1 unspecified atom stereocenters. The number of amides is 1. The SMILES string of the molecule is CC(C(=O)Nc1ccc(F)cc1F)N1CCC(C2OCCO2)CC1. The topological polar surface area (TPSA) is 50.8 Å². The van der Waals surface area contributed by atoms with Crippen LogP contribution < -0.4 is 5.32 Å². The molecule has 2 aliphatic rings. The van der Waals surface area contributed by atoms with Crippen LogP contribution in [0, 0.1) is 17.6 Å². The first-order chi connectivity index (χ1) is 11.5. The molecule has 1 atom stereocenters. The zero-order chi connectivity index (χ0) is 17.1. The maximum atomic E-state index is 13.6. The highest BCUT2D eigenvalue weighted by molar-refractivity contribution is 5.94. The number of hydrogen-bond donors (Lipinski definition) is 1. The fraction of sp³-hybridized carbons (Fsp3) is 0.588. The van der Waals surface area contributed by atoms with Crippen LogP contribution in [0.15, 0.2) is 18.2 Å². The van der Waals surface area contributed by atoms with Crippen molar-refractivity contribution >= 4 is 11.6 Å². The minimum atomic E-state index is -0.773. The Hall–Kier alpha value is -1.57. The van der Waals surface area contributed by atoms with Crippen molar-refractivity contribution in [3.8, 4) is 0 Å². The molecule has 1 amide bonds. The lowest BCUT2D eigenvalue weighted by atomic mass is 9.95. The van der Waals surface area contributed by atoms with Gasteiger partial charge in [0.2, 0.25) is 5.91 Å². The number of halogens is 2. The monoisotopic (exact) mass is 340 g/mol. The molecular weight excluding hydrogens is 318 g/mol. The van der Waals surface area contributed by atoms with Crippen molar-refractivity contribution in [2.24, 2.45) is 5.92 Å². The molecule has 2 aliphatic heterocycles. The van der Waals surface area contributed by atoms with Crippen LogP contribution >= 0.6 is 0 Å². The summed E-state index contributed by atoms with van der Waals surface area (Å²) in [4.78, 5) is 14.4. The second-order valence-electron chi connectivity index (χ2n) is 6.27. The number of hydrogen-bond acceptors (Lipinski definition) is 4. The molecule has 1 aromatic rings. The maximum Gasteiger partial charge on any atom is 0.241 e. The van der Waals surface area contributed by atoms with E-state index >= 15 is 0 Å². The largest absolute Gasteiger partial charge is 0.350 e. The maximum absolute atomic E-state index is 13.6. The summed E-state index contributed by atoms with van der Waals surface area (Å²) in [5.74, 6) is -1.39. The molecule has 2 fully saturated rings. The van der Waals surface area contributed by atoms with Crippen molar-refractivity contribution < 1.29 is 23.0 Å². The van der Waals surface area contributed by atoms with E-state index in [-0.39, 0.29) is 23.9 Å². The van der Waals surface area contributed by atoms with Gasteiger partial charge in [-0.05, 0) is 45.0 Å². The van der Waals surface area contributed by atoms with E-state index in [4.69, 9.17) is 9.47 Å². The van der Waals surface area contributed by atoms with Gasteiger partial charge in [-0.25, -0.2) is 8.78 Å². The van der Waals surface area contributed by atoms with Crippen molar-refractivity contribution in [1.29, 1.82) is 0 Å². The number of carbonyl (C=O) groups is 1.